The second-order valence-electron chi connectivity index (χ2n) is 8.66. The van der Waals surface area contributed by atoms with Crippen molar-refractivity contribution in [3.63, 3.8) is 0 Å². The Kier molecular flexibility index (Phi) is 9.04. The van der Waals surface area contributed by atoms with E-state index in [-0.39, 0.29) is 18.7 Å². The highest BCUT2D eigenvalue weighted by atomic mass is 32.1. The van der Waals surface area contributed by atoms with Crippen molar-refractivity contribution in [1.29, 1.82) is 0 Å². The molecule has 37 heavy (non-hydrogen) atoms. The van der Waals surface area contributed by atoms with Gasteiger partial charge < -0.3 is 15.7 Å². The molecular weight excluding hydrogens is 516 g/mol. The molecule has 0 radical (unpaired) electrons. The second kappa shape index (κ2) is 12.4. The van der Waals surface area contributed by atoms with Crippen molar-refractivity contribution < 1.29 is 18.7 Å². The number of aliphatic hydroxyl groups excluding tert-OH is 1. The number of aliphatic hydroxyl groups is 1. The summed E-state index contributed by atoms with van der Waals surface area (Å²) >= 11 is 2.49. The molecule has 2 unspecified atom stereocenters. The number of carbonyl (C=O) groups excluding carboxylic acids is 1. The zero-order valence-electron chi connectivity index (χ0n) is 20.4. The zero-order valence-corrected chi connectivity index (χ0v) is 22.0. The van der Waals surface area contributed by atoms with Gasteiger partial charge in [-0.2, -0.15) is 0 Å². The number of carbonyl (C=O) groups is 1. The summed E-state index contributed by atoms with van der Waals surface area (Å²) in [5.74, 6) is -1.93. The summed E-state index contributed by atoms with van der Waals surface area (Å²) in [6.45, 7) is 4.58. The van der Waals surface area contributed by atoms with E-state index in [1.807, 2.05) is 19.1 Å². The van der Waals surface area contributed by atoms with E-state index in [0.717, 1.165) is 28.6 Å². The van der Waals surface area contributed by atoms with Crippen LogP contribution in [0.25, 0.3) is 9.88 Å². The van der Waals surface area contributed by atoms with E-state index in [4.69, 9.17) is 0 Å². The van der Waals surface area contributed by atoms with Crippen molar-refractivity contribution >= 4 is 28.8 Å². The monoisotopic (exact) mass is 543 g/mol. The number of thiazole rings is 1. The molecule has 0 aliphatic rings. The van der Waals surface area contributed by atoms with Gasteiger partial charge in [0.1, 0.15) is 27.2 Å². The number of rotatable bonds is 11. The SMILES string of the molecule is CCc1cccc(CNCC(O)C(Cc2cc(F)cc(F)c2)NC(=O)c2csc(-c3snnc3C)n2)c1. The number of aromatic nitrogens is 3. The number of halogens is 2. The van der Waals surface area contributed by atoms with Crippen LogP contribution < -0.4 is 10.6 Å². The van der Waals surface area contributed by atoms with Crippen molar-refractivity contribution in [3.8, 4) is 9.88 Å². The van der Waals surface area contributed by atoms with Gasteiger partial charge in [0, 0.05) is 24.5 Å². The lowest BCUT2D eigenvalue weighted by Crippen LogP contribution is -2.48. The molecule has 0 aliphatic heterocycles. The minimum Gasteiger partial charge on any atom is -0.390 e. The second-order valence-corrected chi connectivity index (χ2v) is 10.3. The fraction of sp³-hybridized carbons (Fsp3) is 0.308. The summed E-state index contributed by atoms with van der Waals surface area (Å²) in [5.41, 5.74) is 3.51. The summed E-state index contributed by atoms with van der Waals surface area (Å²) in [7, 11) is 0. The van der Waals surface area contributed by atoms with Gasteiger partial charge in [0.15, 0.2) is 0 Å². The van der Waals surface area contributed by atoms with Gasteiger partial charge in [-0.15, -0.1) is 16.4 Å². The minimum absolute atomic E-state index is 0.0312. The van der Waals surface area contributed by atoms with E-state index in [9.17, 15) is 18.7 Å². The summed E-state index contributed by atoms with van der Waals surface area (Å²) in [5, 5.41) is 23.2. The van der Waals surface area contributed by atoms with Crippen molar-refractivity contribution in [2.24, 2.45) is 0 Å². The van der Waals surface area contributed by atoms with E-state index in [0.29, 0.717) is 17.1 Å². The number of hydrogen-bond acceptors (Lipinski definition) is 8. The van der Waals surface area contributed by atoms with Crippen LogP contribution in [0.2, 0.25) is 0 Å². The lowest BCUT2D eigenvalue weighted by atomic mass is 10.00. The van der Waals surface area contributed by atoms with Crippen LogP contribution in [0.3, 0.4) is 0 Å². The minimum atomic E-state index is -1.03. The highest BCUT2D eigenvalue weighted by molar-refractivity contribution is 7.18. The lowest BCUT2D eigenvalue weighted by Gasteiger charge is -2.24. The van der Waals surface area contributed by atoms with Crippen LogP contribution in [0.15, 0.2) is 47.8 Å². The van der Waals surface area contributed by atoms with Gasteiger partial charge >= 0.3 is 0 Å². The molecule has 0 bridgehead atoms. The van der Waals surface area contributed by atoms with Gasteiger partial charge in [-0.1, -0.05) is 35.7 Å². The molecule has 4 rings (SSSR count). The fourth-order valence-electron chi connectivity index (χ4n) is 3.88. The highest BCUT2D eigenvalue weighted by Crippen LogP contribution is 2.28. The lowest BCUT2D eigenvalue weighted by molar-refractivity contribution is 0.0826. The fourth-order valence-corrected chi connectivity index (χ4v) is 5.47. The van der Waals surface area contributed by atoms with Gasteiger partial charge in [0.05, 0.1) is 17.8 Å². The molecule has 0 saturated heterocycles. The molecule has 11 heteroatoms. The average Bonchev–Trinajstić information content (AvgIpc) is 3.52. The van der Waals surface area contributed by atoms with Crippen LogP contribution in [-0.2, 0) is 19.4 Å². The van der Waals surface area contributed by atoms with Crippen LogP contribution in [-0.4, -0.2) is 44.3 Å². The highest BCUT2D eigenvalue weighted by Gasteiger charge is 2.24. The van der Waals surface area contributed by atoms with E-state index < -0.39 is 29.7 Å². The number of benzene rings is 2. The van der Waals surface area contributed by atoms with Crippen molar-refractivity contribution in [2.45, 2.75) is 45.4 Å². The van der Waals surface area contributed by atoms with E-state index in [1.54, 1.807) is 5.38 Å². The third-order valence-corrected chi connectivity index (χ3v) is 7.65. The predicted octanol–water partition coefficient (Wildman–Crippen LogP) is 4.30. The molecule has 2 aromatic carbocycles. The van der Waals surface area contributed by atoms with Crippen LogP contribution >= 0.6 is 22.9 Å². The Morgan fingerprint density at radius 2 is 1.86 bits per heavy atom. The first-order chi connectivity index (χ1) is 17.8. The first kappa shape index (κ1) is 26.9. The Balaban J connectivity index is 1.46. The van der Waals surface area contributed by atoms with Crippen molar-refractivity contribution in [2.75, 3.05) is 6.54 Å². The molecule has 194 valence electrons. The molecule has 2 aromatic heterocycles. The van der Waals surface area contributed by atoms with Crippen LogP contribution in [0.5, 0.6) is 0 Å². The third kappa shape index (κ3) is 7.22. The maximum atomic E-state index is 13.8. The Labute approximate surface area is 221 Å². The van der Waals surface area contributed by atoms with Crippen molar-refractivity contribution in [3.05, 3.63) is 87.6 Å². The van der Waals surface area contributed by atoms with Gasteiger partial charge in [0.2, 0.25) is 0 Å². The third-order valence-electron chi connectivity index (χ3n) is 5.82. The Bertz CT molecular complexity index is 1340. The standard InChI is InChI=1S/C26H27F2N5O2S2/c1-3-16-5-4-6-17(7-16)12-29-13-23(34)21(10-18-8-19(27)11-20(28)9-18)30-25(35)22-14-36-26(31-22)24-15(2)32-33-37-24/h4-9,11,14,21,23,29,34H,3,10,12-13H2,1-2H3,(H,30,35). The summed E-state index contributed by atoms with van der Waals surface area (Å²) in [4.78, 5) is 18.2. The zero-order chi connectivity index (χ0) is 26.4. The number of aryl methyl sites for hydroxylation is 2. The van der Waals surface area contributed by atoms with Crippen LogP contribution in [0, 0.1) is 18.6 Å². The van der Waals surface area contributed by atoms with Gasteiger partial charge in [-0.05, 0) is 60.1 Å². The Morgan fingerprint density at radius 3 is 2.57 bits per heavy atom. The summed E-state index contributed by atoms with van der Waals surface area (Å²) in [6, 6.07) is 10.5. The van der Waals surface area contributed by atoms with E-state index in [1.165, 1.54) is 40.6 Å². The molecule has 0 saturated carbocycles. The number of hydrogen-bond donors (Lipinski definition) is 3. The normalized spacial score (nSPS) is 12.9. The molecule has 0 fully saturated rings. The van der Waals surface area contributed by atoms with Crippen LogP contribution in [0.1, 0.15) is 39.8 Å². The molecule has 1 amide bonds. The number of amides is 1. The predicted molar refractivity (Wildman–Crippen MR) is 141 cm³/mol. The summed E-state index contributed by atoms with van der Waals surface area (Å²) < 4.78 is 31.5. The molecule has 7 nitrogen and oxygen atoms in total. The van der Waals surface area contributed by atoms with E-state index >= 15 is 0 Å². The average molecular weight is 544 g/mol. The first-order valence-electron chi connectivity index (χ1n) is 11.8. The molecule has 3 N–H and O–H groups in total. The first-order valence-corrected chi connectivity index (χ1v) is 13.4. The molecule has 0 spiro atoms. The van der Waals surface area contributed by atoms with Gasteiger partial charge in [0.25, 0.3) is 5.91 Å². The van der Waals surface area contributed by atoms with Crippen molar-refractivity contribution in [1.82, 2.24) is 25.2 Å². The van der Waals surface area contributed by atoms with E-state index in [2.05, 4.69) is 44.3 Å². The maximum Gasteiger partial charge on any atom is 0.271 e. The molecule has 2 atom stereocenters. The van der Waals surface area contributed by atoms with Gasteiger partial charge in [-0.3, -0.25) is 4.79 Å². The Hall–Kier alpha value is -3.12. The smallest absolute Gasteiger partial charge is 0.271 e. The molecule has 2 heterocycles. The Morgan fingerprint density at radius 1 is 1.11 bits per heavy atom. The van der Waals surface area contributed by atoms with Gasteiger partial charge in [-0.25, -0.2) is 13.8 Å². The number of nitrogens with zero attached hydrogens (tertiary/aromatic N) is 3. The molecular formula is C26H27F2N5O2S2. The maximum absolute atomic E-state index is 13.8. The largest absolute Gasteiger partial charge is 0.390 e. The topological polar surface area (TPSA) is 100 Å². The summed E-state index contributed by atoms with van der Waals surface area (Å²) in [6.07, 6.45) is -0.0778. The molecule has 4 aromatic rings. The quantitative estimate of drug-likeness (QED) is 0.261. The van der Waals surface area contributed by atoms with Crippen LogP contribution in [0.4, 0.5) is 8.78 Å². The number of nitrogens with one attached hydrogen (secondary N) is 2. The molecule has 0 aliphatic carbocycles.